The van der Waals surface area contributed by atoms with Gasteiger partial charge in [-0.05, 0) is 62.8 Å². The highest BCUT2D eigenvalue weighted by atomic mass is 32.2. The molecule has 2 aliphatic rings. The molecule has 1 unspecified atom stereocenters. The molecule has 3 heterocycles. The van der Waals surface area contributed by atoms with Gasteiger partial charge in [-0.25, -0.2) is 4.68 Å². The summed E-state index contributed by atoms with van der Waals surface area (Å²) in [5.74, 6) is 0.668. The topological polar surface area (TPSA) is 70.5 Å². The van der Waals surface area contributed by atoms with Crippen LogP contribution < -0.4 is 10.2 Å². The number of nitrogens with zero attached hydrogens (tertiary/aromatic N) is 4. The molecule has 1 saturated heterocycles. The van der Waals surface area contributed by atoms with Crippen LogP contribution in [0.3, 0.4) is 0 Å². The predicted octanol–water partition coefficient (Wildman–Crippen LogP) is 5.20. The molecule has 36 heavy (non-hydrogen) atoms. The number of rotatable bonds is 6. The van der Waals surface area contributed by atoms with Crippen molar-refractivity contribution >= 4 is 35.1 Å². The van der Waals surface area contributed by atoms with Crippen LogP contribution in [0.2, 0.25) is 0 Å². The Kier molecular flexibility index (Phi) is 7.13. The highest BCUT2D eigenvalue weighted by Crippen LogP contribution is 2.32. The van der Waals surface area contributed by atoms with Gasteiger partial charge in [0.25, 0.3) is 5.91 Å². The molecule has 5 rings (SSSR count). The third kappa shape index (κ3) is 4.91. The fraction of sp³-hybridized carbons (Fsp3) is 0.321. The molecule has 0 bridgehead atoms. The van der Waals surface area contributed by atoms with Crippen molar-refractivity contribution in [2.45, 2.75) is 37.1 Å². The van der Waals surface area contributed by atoms with Crippen LogP contribution in [0, 0.1) is 5.92 Å². The van der Waals surface area contributed by atoms with Crippen LogP contribution in [0.1, 0.15) is 36.5 Å². The lowest BCUT2D eigenvalue weighted by Crippen LogP contribution is -2.42. The number of likely N-dealkylation sites (tertiary alicyclic amines) is 1. The standard InChI is InChI=1S/C28H31N5O2S/c1-20-8-7-15-32(20)27-25(19-29-33(27)23-10-4-3-5-11-23)28(35)31-16-13-21(14-17-31)26(34)30-22-9-6-12-24(18-22)36-2/h3-7,9-12,15,18-21H,8,13-14,16-17H2,1-2H3,(H,30,34). The minimum atomic E-state index is -0.111. The first-order valence-corrected chi connectivity index (χ1v) is 13.6. The van der Waals surface area contributed by atoms with Gasteiger partial charge in [0, 0.05) is 41.8 Å². The maximum Gasteiger partial charge on any atom is 0.259 e. The first-order chi connectivity index (χ1) is 17.5. The minimum Gasteiger partial charge on any atom is -0.338 e. The minimum absolute atomic E-state index is 0.0222. The number of nitrogens with one attached hydrogen (secondary N) is 1. The number of anilines is 2. The smallest absolute Gasteiger partial charge is 0.259 e. The number of para-hydroxylation sites is 1. The number of hydrogen-bond donors (Lipinski definition) is 1. The monoisotopic (exact) mass is 501 g/mol. The van der Waals surface area contributed by atoms with E-state index in [1.807, 2.05) is 76.6 Å². The van der Waals surface area contributed by atoms with E-state index in [-0.39, 0.29) is 23.8 Å². The Morgan fingerprint density at radius 3 is 2.53 bits per heavy atom. The second-order valence-corrected chi connectivity index (χ2v) is 10.2. The Morgan fingerprint density at radius 2 is 1.83 bits per heavy atom. The summed E-state index contributed by atoms with van der Waals surface area (Å²) in [7, 11) is 0. The molecule has 0 radical (unpaired) electrons. The van der Waals surface area contributed by atoms with E-state index in [0.717, 1.165) is 28.5 Å². The third-order valence-corrected chi connectivity index (χ3v) is 7.65. The number of thioether (sulfide) groups is 1. The number of aromatic nitrogens is 2. The van der Waals surface area contributed by atoms with Crippen LogP contribution >= 0.6 is 11.8 Å². The molecule has 1 atom stereocenters. The summed E-state index contributed by atoms with van der Waals surface area (Å²) >= 11 is 1.65. The van der Waals surface area contributed by atoms with Crippen molar-refractivity contribution in [2.75, 3.05) is 29.6 Å². The van der Waals surface area contributed by atoms with Crippen LogP contribution in [0.5, 0.6) is 0 Å². The fourth-order valence-corrected chi connectivity index (χ4v) is 5.33. The van der Waals surface area contributed by atoms with Gasteiger partial charge in [-0.2, -0.15) is 5.10 Å². The number of amides is 2. The van der Waals surface area contributed by atoms with Crippen molar-refractivity contribution in [1.29, 1.82) is 0 Å². The Balaban J connectivity index is 1.30. The molecular weight excluding hydrogens is 470 g/mol. The zero-order chi connectivity index (χ0) is 25.1. The van der Waals surface area contributed by atoms with Gasteiger partial charge in [-0.15, -0.1) is 11.8 Å². The van der Waals surface area contributed by atoms with Gasteiger partial charge in [-0.1, -0.05) is 30.3 Å². The zero-order valence-corrected chi connectivity index (χ0v) is 21.4. The van der Waals surface area contributed by atoms with E-state index >= 15 is 0 Å². The van der Waals surface area contributed by atoms with E-state index < -0.39 is 0 Å². The van der Waals surface area contributed by atoms with E-state index in [9.17, 15) is 9.59 Å². The summed E-state index contributed by atoms with van der Waals surface area (Å²) in [6.07, 6.45) is 10.1. The van der Waals surface area contributed by atoms with Gasteiger partial charge >= 0.3 is 0 Å². The van der Waals surface area contributed by atoms with E-state index in [1.165, 1.54) is 0 Å². The molecule has 3 aromatic rings. The van der Waals surface area contributed by atoms with Crippen molar-refractivity contribution in [1.82, 2.24) is 14.7 Å². The van der Waals surface area contributed by atoms with E-state index in [0.29, 0.717) is 31.5 Å². The Bertz CT molecular complexity index is 1260. The normalized spacial score (nSPS) is 18.0. The molecular formula is C28H31N5O2S. The van der Waals surface area contributed by atoms with Gasteiger partial charge in [0.2, 0.25) is 5.91 Å². The molecule has 186 valence electrons. The lowest BCUT2D eigenvalue weighted by atomic mass is 9.95. The molecule has 8 heteroatoms. The van der Waals surface area contributed by atoms with Crippen molar-refractivity contribution in [3.63, 3.8) is 0 Å². The number of piperidine rings is 1. The van der Waals surface area contributed by atoms with Crippen LogP contribution in [0.15, 0.2) is 78.0 Å². The molecule has 0 aliphatic carbocycles. The maximum absolute atomic E-state index is 13.7. The number of hydrogen-bond acceptors (Lipinski definition) is 5. The van der Waals surface area contributed by atoms with E-state index in [2.05, 4.69) is 28.3 Å². The van der Waals surface area contributed by atoms with Crippen LogP contribution in [-0.4, -0.2) is 51.9 Å². The zero-order valence-electron chi connectivity index (χ0n) is 20.6. The summed E-state index contributed by atoms with van der Waals surface area (Å²) in [5, 5.41) is 7.66. The van der Waals surface area contributed by atoms with Crippen LogP contribution in [0.25, 0.3) is 5.69 Å². The molecule has 0 saturated carbocycles. The van der Waals surface area contributed by atoms with Crippen molar-refractivity contribution in [3.8, 4) is 5.69 Å². The number of carbonyl (C=O) groups excluding carboxylic acids is 2. The molecule has 2 aliphatic heterocycles. The predicted molar refractivity (Wildman–Crippen MR) is 145 cm³/mol. The molecule has 1 fully saturated rings. The molecule has 0 spiro atoms. The lowest BCUT2D eigenvalue weighted by Gasteiger charge is -2.32. The van der Waals surface area contributed by atoms with Crippen LogP contribution in [-0.2, 0) is 4.79 Å². The highest BCUT2D eigenvalue weighted by molar-refractivity contribution is 7.98. The van der Waals surface area contributed by atoms with Crippen molar-refractivity contribution in [3.05, 3.63) is 78.6 Å². The van der Waals surface area contributed by atoms with Crippen molar-refractivity contribution < 1.29 is 9.59 Å². The lowest BCUT2D eigenvalue weighted by molar-refractivity contribution is -0.121. The molecule has 7 nitrogen and oxygen atoms in total. The first kappa shape index (κ1) is 24.2. The molecule has 1 aromatic heterocycles. The summed E-state index contributed by atoms with van der Waals surface area (Å²) in [6, 6.07) is 18.0. The van der Waals surface area contributed by atoms with Crippen molar-refractivity contribution in [2.24, 2.45) is 5.92 Å². The Hall–Kier alpha value is -3.52. The summed E-state index contributed by atoms with van der Waals surface area (Å²) < 4.78 is 1.85. The average molecular weight is 502 g/mol. The van der Waals surface area contributed by atoms with Crippen LogP contribution in [0.4, 0.5) is 11.5 Å². The highest BCUT2D eigenvalue weighted by Gasteiger charge is 2.32. The quantitative estimate of drug-likeness (QED) is 0.470. The molecule has 2 aromatic carbocycles. The van der Waals surface area contributed by atoms with Gasteiger partial charge < -0.3 is 15.1 Å². The first-order valence-electron chi connectivity index (χ1n) is 12.4. The Morgan fingerprint density at radius 1 is 1.06 bits per heavy atom. The third-order valence-electron chi connectivity index (χ3n) is 6.93. The van der Waals surface area contributed by atoms with Gasteiger partial charge in [0.1, 0.15) is 11.4 Å². The van der Waals surface area contributed by atoms with Gasteiger partial charge in [-0.3, -0.25) is 9.59 Å². The summed E-state index contributed by atoms with van der Waals surface area (Å²) in [6.45, 7) is 3.24. The molecule has 1 N–H and O–H groups in total. The second-order valence-electron chi connectivity index (χ2n) is 9.29. The second kappa shape index (κ2) is 10.6. The number of carbonyl (C=O) groups is 2. The van der Waals surface area contributed by atoms with E-state index in [4.69, 9.17) is 0 Å². The van der Waals surface area contributed by atoms with Gasteiger partial charge in [0.15, 0.2) is 0 Å². The van der Waals surface area contributed by atoms with Gasteiger partial charge in [0.05, 0.1) is 11.9 Å². The Labute approximate surface area is 216 Å². The largest absolute Gasteiger partial charge is 0.338 e. The fourth-order valence-electron chi connectivity index (χ4n) is 4.87. The summed E-state index contributed by atoms with van der Waals surface area (Å²) in [5.41, 5.74) is 2.32. The van der Waals surface area contributed by atoms with E-state index in [1.54, 1.807) is 18.0 Å². The molecule has 2 amide bonds. The maximum atomic E-state index is 13.7. The number of benzene rings is 2. The summed E-state index contributed by atoms with van der Waals surface area (Å²) in [4.78, 5) is 31.7. The average Bonchev–Trinajstić information content (AvgIpc) is 3.54. The SMILES string of the molecule is CSc1cccc(NC(=O)C2CCN(C(=O)c3cnn(-c4ccccc4)c3N3C=CCC3C)CC2)c1.